The second kappa shape index (κ2) is 7.26. The number of nitro benzene ring substituents is 1. The second-order valence-electron chi connectivity index (χ2n) is 5.80. The van der Waals surface area contributed by atoms with Crippen molar-refractivity contribution in [2.75, 3.05) is 5.32 Å². The first-order valence-electron chi connectivity index (χ1n) is 8.07. The second-order valence-corrected chi connectivity index (χ2v) is 7.75. The van der Waals surface area contributed by atoms with Crippen LogP contribution in [-0.4, -0.2) is 15.8 Å². The number of nitrogens with one attached hydrogen (secondary N) is 1. The van der Waals surface area contributed by atoms with Crippen molar-refractivity contribution in [2.45, 2.75) is 6.42 Å². The Hall–Kier alpha value is -3.10. The van der Waals surface area contributed by atoms with Crippen LogP contribution in [-0.2, 0) is 11.2 Å². The Morgan fingerprint density at radius 2 is 1.89 bits per heavy atom. The molecule has 0 spiro atoms. The lowest BCUT2D eigenvalue weighted by molar-refractivity contribution is -0.384. The molecule has 2 aromatic carbocycles. The van der Waals surface area contributed by atoms with Crippen LogP contribution in [0.5, 0.6) is 0 Å². The number of fused-ring (bicyclic) bond motifs is 1. The molecule has 2 aromatic heterocycles. The van der Waals surface area contributed by atoms with Crippen molar-refractivity contribution < 1.29 is 9.72 Å². The smallest absolute Gasteiger partial charge is 0.269 e. The number of hydrogen-bond acceptors (Lipinski definition) is 6. The van der Waals surface area contributed by atoms with E-state index >= 15 is 0 Å². The third-order valence-electron chi connectivity index (χ3n) is 3.95. The standard InChI is InChI=1S/C19H13N3O3S2/c23-17(11-12-5-7-13(8-6-12)22(24)25)21-18-14(9-10-26-18)19-20-15-3-1-2-4-16(15)27-19/h1-10H,11H2,(H,21,23). The predicted octanol–water partition coefficient (Wildman–Crippen LogP) is 5.11. The highest BCUT2D eigenvalue weighted by atomic mass is 32.1. The largest absolute Gasteiger partial charge is 0.317 e. The number of thiazole rings is 1. The van der Waals surface area contributed by atoms with Gasteiger partial charge < -0.3 is 5.32 Å². The maximum absolute atomic E-state index is 12.4. The summed E-state index contributed by atoms with van der Waals surface area (Å²) < 4.78 is 1.10. The lowest BCUT2D eigenvalue weighted by Crippen LogP contribution is -2.14. The topological polar surface area (TPSA) is 85.1 Å². The van der Waals surface area contributed by atoms with Gasteiger partial charge in [0.1, 0.15) is 10.0 Å². The number of thiophene rings is 1. The molecule has 0 aliphatic rings. The van der Waals surface area contributed by atoms with E-state index in [-0.39, 0.29) is 18.0 Å². The van der Waals surface area contributed by atoms with Crippen LogP contribution < -0.4 is 5.32 Å². The molecule has 27 heavy (non-hydrogen) atoms. The maximum Gasteiger partial charge on any atom is 0.269 e. The van der Waals surface area contributed by atoms with Crippen LogP contribution >= 0.6 is 22.7 Å². The summed E-state index contributed by atoms with van der Waals surface area (Å²) in [6, 6.07) is 15.9. The Morgan fingerprint density at radius 3 is 2.63 bits per heavy atom. The number of benzene rings is 2. The van der Waals surface area contributed by atoms with Gasteiger partial charge in [-0.1, -0.05) is 24.3 Å². The van der Waals surface area contributed by atoms with Crippen molar-refractivity contribution in [1.82, 2.24) is 4.98 Å². The van der Waals surface area contributed by atoms with E-state index in [1.165, 1.54) is 23.5 Å². The SMILES string of the molecule is O=C(Cc1ccc([N+](=O)[O-])cc1)Nc1sccc1-c1nc2ccccc2s1. The van der Waals surface area contributed by atoms with Crippen molar-refractivity contribution in [3.63, 3.8) is 0 Å². The van der Waals surface area contributed by atoms with E-state index in [0.29, 0.717) is 0 Å². The van der Waals surface area contributed by atoms with Crippen LogP contribution in [0.3, 0.4) is 0 Å². The minimum Gasteiger partial charge on any atom is -0.317 e. The normalized spacial score (nSPS) is 10.8. The highest BCUT2D eigenvalue weighted by Gasteiger charge is 2.15. The molecule has 0 unspecified atom stereocenters. The molecule has 0 aliphatic heterocycles. The zero-order valence-electron chi connectivity index (χ0n) is 13.9. The van der Waals surface area contributed by atoms with Crippen molar-refractivity contribution in [2.24, 2.45) is 0 Å². The summed E-state index contributed by atoms with van der Waals surface area (Å²) in [7, 11) is 0. The molecule has 0 atom stereocenters. The monoisotopic (exact) mass is 395 g/mol. The Kier molecular flexibility index (Phi) is 4.66. The van der Waals surface area contributed by atoms with Gasteiger partial charge >= 0.3 is 0 Å². The van der Waals surface area contributed by atoms with E-state index in [2.05, 4.69) is 10.3 Å². The first-order chi connectivity index (χ1) is 13.1. The van der Waals surface area contributed by atoms with Crippen molar-refractivity contribution in [3.05, 3.63) is 75.7 Å². The van der Waals surface area contributed by atoms with Crippen LogP contribution in [0.2, 0.25) is 0 Å². The molecule has 4 rings (SSSR count). The number of rotatable bonds is 5. The fraction of sp³-hybridized carbons (Fsp3) is 0.0526. The molecule has 1 amide bonds. The number of non-ortho nitro benzene ring substituents is 1. The van der Waals surface area contributed by atoms with Crippen LogP contribution in [0.15, 0.2) is 60.0 Å². The number of aromatic nitrogens is 1. The Morgan fingerprint density at radius 1 is 1.11 bits per heavy atom. The number of anilines is 1. The van der Waals surface area contributed by atoms with E-state index in [1.807, 2.05) is 35.7 Å². The Labute approximate surface area is 162 Å². The molecule has 0 bridgehead atoms. The molecule has 1 N–H and O–H groups in total. The van der Waals surface area contributed by atoms with E-state index in [9.17, 15) is 14.9 Å². The van der Waals surface area contributed by atoms with Crippen LogP contribution in [0, 0.1) is 10.1 Å². The number of carbonyl (C=O) groups excluding carboxylic acids is 1. The zero-order valence-corrected chi connectivity index (χ0v) is 15.5. The molecule has 2 heterocycles. The summed E-state index contributed by atoms with van der Waals surface area (Å²) in [5.74, 6) is -0.173. The number of nitro groups is 1. The average Bonchev–Trinajstić information content (AvgIpc) is 3.28. The highest BCUT2D eigenvalue weighted by Crippen LogP contribution is 2.37. The van der Waals surface area contributed by atoms with E-state index < -0.39 is 4.92 Å². The number of hydrogen-bond donors (Lipinski definition) is 1. The fourth-order valence-corrected chi connectivity index (χ4v) is 4.52. The van der Waals surface area contributed by atoms with Crippen molar-refractivity contribution in [3.8, 4) is 10.6 Å². The van der Waals surface area contributed by atoms with Gasteiger partial charge in [0.25, 0.3) is 5.69 Å². The summed E-state index contributed by atoms with van der Waals surface area (Å²) in [5, 5.41) is 17.2. The van der Waals surface area contributed by atoms with Crippen LogP contribution in [0.25, 0.3) is 20.8 Å². The van der Waals surface area contributed by atoms with E-state index in [1.54, 1.807) is 23.5 Å². The average molecular weight is 395 g/mol. The predicted molar refractivity (Wildman–Crippen MR) is 108 cm³/mol. The molecule has 0 saturated heterocycles. The van der Waals surface area contributed by atoms with Gasteiger partial charge in [-0.3, -0.25) is 14.9 Å². The first-order valence-corrected chi connectivity index (χ1v) is 9.76. The van der Waals surface area contributed by atoms with Crippen LogP contribution in [0.4, 0.5) is 10.7 Å². The van der Waals surface area contributed by atoms with Gasteiger partial charge in [0.05, 0.1) is 21.6 Å². The van der Waals surface area contributed by atoms with Gasteiger partial charge in [-0.05, 0) is 29.1 Å². The molecule has 0 aliphatic carbocycles. The zero-order chi connectivity index (χ0) is 18.8. The lowest BCUT2D eigenvalue weighted by atomic mass is 10.1. The third-order valence-corrected chi connectivity index (χ3v) is 5.85. The van der Waals surface area contributed by atoms with E-state index in [0.717, 1.165) is 31.4 Å². The summed E-state index contributed by atoms with van der Waals surface area (Å²) in [4.78, 5) is 27.3. The van der Waals surface area contributed by atoms with Gasteiger partial charge in [0, 0.05) is 17.7 Å². The molecule has 134 valence electrons. The fourth-order valence-electron chi connectivity index (χ4n) is 2.65. The first kappa shape index (κ1) is 17.3. The molecule has 8 heteroatoms. The molecule has 0 saturated carbocycles. The molecule has 0 fully saturated rings. The van der Waals surface area contributed by atoms with Gasteiger partial charge in [-0.15, -0.1) is 22.7 Å². The number of para-hydroxylation sites is 1. The Balaban J connectivity index is 1.51. The third kappa shape index (κ3) is 3.71. The molecule has 6 nitrogen and oxygen atoms in total. The molecule has 4 aromatic rings. The van der Waals surface area contributed by atoms with Gasteiger partial charge in [-0.2, -0.15) is 0 Å². The molecular formula is C19H13N3O3S2. The number of amides is 1. The maximum atomic E-state index is 12.4. The van der Waals surface area contributed by atoms with Crippen LogP contribution in [0.1, 0.15) is 5.56 Å². The quantitative estimate of drug-likeness (QED) is 0.376. The number of nitrogens with zero attached hydrogens (tertiary/aromatic N) is 2. The Bertz CT molecular complexity index is 1100. The lowest BCUT2D eigenvalue weighted by Gasteiger charge is -2.05. The number of carbonyl (C=O) groups is 1. The van der Waals surface area contributed by atoms with Gasteiger partial charge in [0.2, 0.25) is 5.91 Å². The highest BCUT2D eigenvalue weighted by molar-refractivity contribution is 7.22. The van der Waals surface area contributed by atoms with Gasteiger partial charge in [-0.25, -0.2) is 4.98 Å². The van der Waals surface area contributed by atoms with Gasteiger partial charge in [0.15, 0.2) is 0 Å². The van der Waals surface area contributed by atoms with E-state index in [4.69, 9.17) is 0 Å². The minimum atomic E-state index is -0.459. The summed E-state index contributed by atoms with van der Waals surface area (Å²) in [5.41, 5.74) is 2.57. The summed E-state index contributed by atoms with van der Waals surface area (Å²) in [6.07, 6.45) is 0.148. The molecule has 0 radical (unpaired) electrons. The summed E-state index contributed by atoms with van der Waals surface area (Å²) >= 11 is 3.03. The molecular weight excluding hydrogens is 382 g/mol. The summed E-state index contributed by atoms with van der Waals surface area (Å²) in [6.45, 7) is 0. The van der Waals surface area contributed by atoms with Crippen molar-refractivity contribution in [1.29, 1.82) is 0 Å². The van der Waals surface area contributed by atoms with Crippen molar-refractivity contribution >= 4 is 49.5 Å². The minimum absolute atomic E-state index is 0.00976.